The van der Waals surface area contributed by atoms with Gasteiger partial charge in [0.15, 0.2) is 6.10 Å². The molecule has 6 nitrogen and oxygen atoms in total. The Balaban J connectivity index is 1.89. The van der Waals surface area contributed by atoms with E-state index in [1.54, 1.807) is 0 Å². The fourth-order valence-corrected chi connectivity index (χ4v) is 2.98. The summed E-state index contributed by atoms with van der Waals surface area (Å²) in [5, 5.41) is 5.78. The molecule has 8 heteroatoms. The second-order valence-electron chi connectivity index (χ2n) is 6.83. The zero-order valence-corrected chi connectivity index (χ0v) is 18.5. The molecule has 2 aromatic rings. The van der Waals surface area contributed by atoms with E-state index >= 15 is 0 Å². The van der Waals surface area contributed by atoms with Crippen molar-refractivity contribution in [3.63, 3.8) is 0 Å². The smallest absolute Gasteiger partial charge is 0.326 e. The maximum atomic E-state index is 12.4. The molecular formula is C22H24Cl2N2O4. The van der Waals surface area contributed by atoms with E-state index in [1.165, 1.54) is 25.1 Å². The lowest BCUT2D eigenvalue weighted by atomic mass is 9.97. The summed E-state index contributed by atoms with van der Waals surface area (Å²) in [6.45, 7) is 5.23. The van der Waals surface area contributed by atoms with Gasteiger partial charge >= 0.3 is 5.97 Å². The first-order chi connectivity index (χ1) is 14.2. The third kappa shape index (κ3) is 6.47. The van der Waals surface area contributed by atoms with Crippen LogP contribution in [0.1, 0.15) is 49.0 Å². The maximum Gasteiger partial charge on any atom is 0.326 e. The van der Waals surface area contributed by atoms with Gasteiger partial charge in [-0.25, -0.2) is 0 Å². The number of carbonyl (C=O) groups is 3. The first-order valence-corrected chi connectivity index (χ1v) is 10.3. The van der Waals surface area contributed by atoms with Gasteiger partial charge in [0.05, 0.1) is 10.0 Å². The van der Waals surface area contributed by atoms with E-state index in [-0.39, 0.29) is 23.0 Å². The summed E-state index contributed by atoms with van der Waals surface area (Å²) in [5.74, 6) is -1.42. The summed E-state index contributed by atoms with van der Waals surface area (Å²) < 4.78 is 5.13. The number of nitrogens with one attached hydrogen (secondary N) is 2. The van der Waals surface area contributed by atoms with Crippen molar-refractivity contribution in [3.05, 3.63) is 63.6 Å². The molecule has 0 bridgehead atoms. The molecule has 2 rings (SSSR count). The SMILES string of the molecule is CCC(C)c1ccccc1NC(=O)C(C)OC(=O)CNC(=O)c1ccc(Cl)c(Cl)c1. The van der Waals surface area contributed by atoms with Crippen molar-refractivity contribution in [2.75, 3.05) is 11.9 Å². The maximum absolute atomic E-state index is 12.4. The third-order valence-corrected chi connectivity index (χ3v) is 5.35. The highest BCUT2D eigenvalue weighted by Gasteiger charge is 2.20. The lowest BCUT2D eigenvalue weighted by molar-refractivity contribution is -0.152. The number of esters is 1. The fourth-order valence-electron chi connectivity index (χ4n) is 2.68. The van der Waals surface area contributed by atoms with Gasteiger partial charge in [0, 0.05) is 11.3 Å². The van der Waals surface area contributed by atoms with Crippen molar-refractivity contribution in [1.82, 2.24) is 5.32 Å². The van der Waals surface area contributed by atoms with E-state index in [1.807, 2.05) is 24.3 Å². The van der Waals surface area contributed by atoms with Crippen LogP contribution < -0.4 is 10.6 Å². The monoisotopic (exact) mass is 450 g/mol. The molecule has 0 heterocycles. The quantitative estimate of drug-likeness (QED) is 0.565. The number of halogens is 2. The second kappa shape index (κ2) is 11.0. The number of amides is 2. The van der Waals surface area contributed by atoms with E-state index in [9.17, 15) is 14.4 Å². The number of carbonyl (C=O) groups excluding carboxylic acids is 3. The number of ether oxygens (including phenoxy) is 1. The highest BCUT2D eigenvalue weighted by molar-refractivity contribution is 6.42. The van der Waals surface area contributed by atoms with E-state index in [0.29, 0.717) is 10.7 Å². The topological polar surface area (TPSA) is 84.5 Å². The number of para-hydroxylation sites is 1. The highest BCUT2D eigenvalue weighted by atomic mass is 35.5. The van der Waals surface area contributed by atoms with Gasteiger partial charge in [0.25, 0.3) is 11.8 Å². The van der Waals surface area contributed by atoms with Gasteiger partial charge < -0.3 is 15.4 Å². The number of rotatable bonds is 8. The fraction of sp³-hybridized carbons (Fsp3) is 0.318. The molecule has 0 aromatic heterocycles. The molecule has 0 fully saturated rings. The highest BCUT2D eigenvalue weighted by Crippen LogP contribution is 2.26. The summed E-state index contributed by atoms with van der Waals surface area (Å²) >= 11 is 11.7. The van der Waals surface area contributed by atoms with Crippen LogP contribution in [0.25, 0.3) is 0 Å². The lowest BCUT2D eigenvalue weighted by Gasteiger charge is -2.18. The van der Waals surface area contributed by atoms with Gasteiger partial charge in [0.1, 0.15) is 6.54 Å². The molecule has 2 aromatic carbocycles. The Kier molecular flexibility index (Phi) is 8.69. The molecule has 2 N–H and O–H groups in total. The van der Waals surface area contributed by atoms with Crippen LogP contribution in [-0.2, 0) is 14.3 Å². The minimum Gasteiger partial charge on any atom is -0.451 e. The molecule has 0 saturated heterocycles. The standard InChI is InChI=1S/C22H24Cl2N2O4/c1-4-13(2)16-7-5-6-8-19(16)26-21(28)14(3)30-20(27)12-25-22(29)15-9-10-17(23)18(24)11-15/h5-11,13-14H,4,12H2,1-3H3,(H,25,29)(H,26,28). The molecule has 0 aliphatic carbocycles. The summed E-state index contributed by atoms with van der Waals surface area (Å²) in [6.07, 6.45) is -0.0972. The van der Waals surface area contributed by atoms with Crippen molar-refractivity contribution in [2.45, 2.75) is 39.2 Å². The van der Waals surface area contributed by atoms with Crippen molar-refractivity contribution < 1.29 is 19.1 Å². The van der Waals surface area contributed by atoms with Crippen molar-refractivity contribution in [2.24, 2.45) is 0 Å². The molecule has 0 spiro atoms. The Labute approximate surface area is 185 Å². The van der Waals surface area contributed by atoms with Gasteiger partial charge in [-0.1, -0.05) is 55.2 Å². The average Bonchev–Trinajstić information content (AvgIpc) is 2.73. The molecule has 2 atom stereocenters. The Bertz CT molecular complexity index is 933. The molecule has 2 unspecified atom stereocenters. The number of anilines is 1. The molecule has 2 amide bonds. The number of benzene rings is 2. The van der Waals surface area contributed by atoms with Crippen molar-refractivity contribution >= 4 is 46.7 Å². The van der Waals surface area contributed by atoms with E-state index in [0.717, 1.165) is 12.0 Å². The Morgan fingerprint density at radius 1 is 1.03 bits per heavy atom. The van der Waals surface area contributed by atoms with Crippen LogP contribution in [0.2, 0.25) is 10.0 Å². The molecule has 160 valence electrons. The van der Waals surface area contributed by atoms with Crippen LogP contribution in [0.5, 0.6) is 0 Å². The summed E-state index contributed by atoms with van der Waals surface area (Å²) in [4.78, 5) is 36.6. The average molecular weight is 451 g/mol. The molecule has 0 aliphatic rings. The van der Waals surface area contributed by atoms with Crippen molar-refractivity contribution in [1.29, 1.82) is 0 Å². The van der Waals surface area contributed by atoms with Gasteiger partial charge in [-0.3, -0.25) is 14.4 Å². The third-order valence-electron chi connectivity index (χ3n) is 4.61. The Hall–Kier alpha value is -2.57. The van der Waals surface area contributed by atoms with Gasteiger partial charge in [-0.15, -0.1) is 0 Å². The van der Waals surface area contributed by atoms with E-state index < -0.39 is 23.9 Å². The Morgan fingerprint density at radius 3 is 2.40 bits per heavy atom. The van der Waals surface area contributed by atoms with Crippen LogP contribution in [0, 0.1) is 0 Å². The van der Waals surface area contributed by atoms with E-state index in [4.69, 9.17) is 27.9 Å². The number of hydrogen-bond acceptors (Lipinski definition) is 4. The lowest BCUT2D eigenvalue weighted by Crippen LogP contribution is -2.36. The predicted octanol–water partition coefficient (Wildman–Crippen LogP) is 4.81. The second-order valence-corrected chi connectivity index (χ2v) is 7.64. The molecule has 0 saturated carbocycles. The van der Waals surface area contributed by atoms with E-state index in [2.05, 4.69) is 24.5 Å². The van der Waals surface area contributed by atoms with Crippen LogP contribution >= 0.6 is 23.2 Å². The van der Waals surface area contributed by atoms with Gasteiger partial charge in [-0.05, 0) is 49.1 Å². The normalized spacial score (nSPS) is 12.6. The molecule has 0 aliphatic heterocycles. The molecule has 30 heavy (non-hydrogen) atoms. The number of hydrogen-bond donors (Lipinski definition) is 2. The van der Waals surface area contributed by atoms with Gasteiger partial charge in [-0.2, -0.15) is 0 Å². The van der Waals surface area contributed by atoms with Crippen LogP contribution in [0.4, 0.5) is 5.69 Å². The minimum absolute atomic E-state index is 0.231. The largest absolute Gasteiger partial charge is 0.451 e. The molecular weight excluding hydrogens is 427 g/mol. The minimum atomic E-state index is -1.02. The molecule has 0 radical (unpaired) electrons. The predicted molar refractivity (Wildman–Crippen MR) is 118 cm³/mol. The zero-order valence-electron chi connectivity index (χ0n) is 17.0. The zero-order chi connectivity index (χ0) is 22.3. The van der Waals surface area contributed by atoms with Crippen LogP contribution in [0.15, 0.2) is 42.5 Å². The van der Waals surface area contributed by atoms with Crippen LogP contribution in [-0.4, -0.2) is 30.4 Å². The summed E-state index contributed by atoms with van der Waals surface area (Å²) in [7, 11) is 0. The summed E-state index contributed by atoms with van der Waals surface area (Å²) in [5.41, 5.74) is 1.96. The first kappa shape index (κ1) is 23.7. The van der Waals surface area contributed by atoms with Crippen molar-refractivity contribution in [3.8, 4) is 0 Å². The Morgan fingerprint density at radius 2 is 1.73 bits per heavy atom. The van der Waals surface area contributed by atoms with Gasteiger partial charge in [0.2, 0.25) is 0 Å². The summed E-state index contributed by atoms with van der Waals surface area (Å²) in [6, 6.07) is 11.9. The van der Waals surface area contributed by atoms with Crippen LogP contribution in [0.3, 0.4) is 0 Å². The first-order valence-electron chi connectivity index (χ1n) is 9.55.